The van der Waals surface area contributed by atoms with Crippen LogP contribution in [0.1, 0.15) is 12.5 Å². The van der Waals surface area contributed by atoms with Gasteiger partial charge in [-0.25, -0.2) is 5.84 Å². The van der Waals surface area contributed by atoms with E-state index in [9.17, 15) is 0 Å². The number of nitrogens with one attached hydrogen (secondary N) is 2. The number of aryl methyl sites for hydroxylation is 1. The van der Waals surface area contributed by atoms with Crippen molar-refractivity contribution in [3.63, 3.8) is 0 Å². The molecule has 0 aliphatic heterocycles. The van der Waals surface area contributed by atoms with Crippen molar-refractivity contribution in [2.75, 3.05) is 23.9 Å². The van der Waals surface area contributed by atoms with Gasteiger partial charge in [-0.2, -0.15) is 20.1 Å². The van der Waals surface area contributed by atoms with Gasteiger partial charge in [0.15, 0.2) is 0 Å². The summed E-state index contributed by atoms with van der Waals surface area (Å²) in [4.78, 5) is 12.2. The summed E-state index contributed by atoms with van der Waals surface area (Å²) >= 11 is 0. The second-order valence-corrected chi connectivity index (χ2v) is 4.04. The number of hydrazine groups is 1. The molecule has 0 atom stereocenters. The van der Waals surface area contributed by atoms with Crippen LogP contribution in [0.25, 0.3) is 0 Å². The first-order chi connectivity index (χ1) is 9.71. The monoisotopic (exact) mass is 278 g/mol. The van der Waals surface area contributed by atoms with E-state index in [1.165, 1.54) is 0 Å². The largest absolute Gasteiger partial charge is 0.464 e. The van der Waals surface area contributed by atoms with E-state index < -0.39 is 0 Å². The maximum absolute atomic E-state index is 5.31. The van der Waals surface area contributed by atoms with Crippen LogP contribution in [0, 0.1) is 0 Å². The molecular weight excluding hydrogens is 260 g/mol. The van der Waals surface area contributed by atoms with Crippen molar-refractivity contribution in [1.82, 2.24) is 24.7 Å². The van der Waals surface area contributed by atoms with Crippen LogP contribution in [0.5, 0.6) is 6.01 Å². The van der Waals surface area contributed by atoms with Crippen LogP contribution in [0.2, 0.25) is 0 Å². The number of aromatic nitrogens is 5. The number of nitrogens with zero attached hydrogens (tertiary/aromatic N) is 5. The second-order valence-electron chi connectivity index (χ2n) is 4.04. The highest BCUT2D eigenvalue weighted by atomic mass is 16.5. The fraction of sp³-hybridized carbons (Fsp3) is 0.455. The Morgan fingerprint density at radius 1 is 1.30 bits per heavy atom. The van der Waals surface area contributed by atoms with Crippen LogP contribution in [0.3, 0.4) is 0 Å². The molecule has 0 fully saturated rings. The molecule has 0 spiro atoms. The van der Waals surface area contributed by atoms with E-state index in [-0.39, 0.29) is 12.0 Å². The molecule has 2 aromatic heterocycles. The summed E-state index contributed by atoms with van der Waals surface area (Å²) in [6, 6.07) is 0.235. The molecule has 108 valence electrons. The van der Waals surface area contributed by atoms with Gasteiger partial charge in [-0.3, -0.25) is 10.1 Å². The van der Waals surface area contributed by atoms with E-state index in [0.717, 1.165) is 12.0 Å². The van der Waals surface area contributed by atoms with Gasteiger partial charge >= 0.3 is 6.01 Å². The maximum atomic E-state index is 5.31. The Balaban J connectivity index is 1.95. The second kappa shape index (κ2) is 6.66. The van der Waals surface area contributed by atoms with Gasteiger partial charge in [0, 0.05) is 19.8 Å². The minimum Gasteiger partial charge on any atom is -0.464 e. The lowest BCUT2D eigenvalue weighted by Gasteiger charge is -2.07. The Morgan fingerprint density at radius 2 is 2.10 bits per heavy atom. The van der Waals surface area contributed by atoms with Crippen LogP contribution >= 0.6 is 0 Å². The fourth-order valence-corrected chi connectivity index (χ4v) is 1.61. The zero-order chi connectivity index (χ0) is 14.4. The predicted octanol–water partition coefficient (Wildman–Crippen LogP) is -0.0560. The Bertz CT molecular complexity index is 555. The smallest absolute Gasteiger partial charge is 0.323 e. The molecule has 0 saturated carbocycles. The normalized spacial score (nSPS) is 10.3. The maximum Gasteiger partial charge on any atom is 0.323 e. The summed E-state index contributed by atoms with van der Waals surface area (Å²) in [5, 5.41) is 7.21. The Morgan fingerprint density at radius 3 is 2.75 bits per heavy atom. The number of ether oxygens (including phenoxy) is 1. The molecule has 9 nitrogen and oxygen atoms in total. The predicted molar refractivity (Wildman–Crippen MR) is 74.2 cm³/mol. The molecule has 0 radical (unpaired) electrons. The van der Waals surface area contributed by atoms with Gasteiger partial charge < -0.3 is 10.1 Å². The van der Waals surface area contributed by atoms with Crippen molar-refractivity contribution >= 4 is 11.9 Å². The van der Waals surface area contributed by atoms with Crippen molar-refractivity contribution in [2.24, 2.45) is 12.9 Å². The molecule has 4 N–H and O–H groups in total. The van der Waals surface area contributed by atoms with Crippen LogP contribution in [0.4, 0.5) is 11.9 Å². The quantitative estimate of drug-likeness (QED) is 0.476. The van der Waals surface area contributed by atoms with Gasteiger partial charge in [0.1, 0.15) is 0 Å². The van der Waals surface area contributed by atoms with E-state index in [0.29, 0.717) is 19.1 Å². The summed E-state index contributed by atoms with van der Waals surface area (Å²) in [5.74, 6) is 5.98. The molecule has 0 unspecified atom stereocenters. The molecule has 2 heterocycles. The molecule has 2 aromatic rings. The third-order valence-corrected chi connectivity index (χ3v) is 2.47. The van der Waals surface area contributed by atoms with Crippen molar-refractivity contribution in [3.05, 3.63) is 18.0 Å². The first kappa shape index (κ1) is 14.0. The van der Waals surface area contributed by atoms with E-state index in [1.54, 1.807) is 4.68 Å². The molecule has 0 amide bonds. The zero-order valence-electron chi connectivity index (χ0n) is 11.5. The number of nitrogens with two attached hydrogens (primary N) is 1. The third-order valence-electron chi connectivity index (χ3n) is 2.47. The Hall–Kier alpha value is -2.42. The van der Waals surface area contributed by atoms with Crippen LogP contribution in [-0.4, -0.2) is 37.9 Å². The van der Waals surface area contributed by atoms with E-state index >= 15 is 0 Å². The first-order valence-electron chi connectivity index (χ1n) is 6.28. The van der Waals surface area contributed by atoms with Crippen molar-refractivity contribution < 1.29 is 4.74 Å². The van der Waals surface area contributed by atoms with Crippen molar-refractivity contribution in [3.8, 4) is 6.01 Å². The van der Waals surface area contributed by atoms with Crippen LogP contribution < -0.4 is 21.3 Å². The average molecular weight is 278 g/mol. The topological polar surface area (TPSA) is 116 Å². The molecule has 0 aliphatic rings. The molecule has 20 heavy (non-hydrogen) atoms. The number of rotatable bonds is 7. The van der Waals surface area contributed by atoms with Crippen LogP contribution in [0.15, 0.2) is 12.4 Å². The summed E-state index contributed by atoms with van der Waals surface area (Å²) in [6.07, 6.45) is 4.61. The van der Waals surface area contributed by atoms with Gasteiger partial charge in [-0.1, -0.05) is 0 Å². The van der Waals surface area contributed by atoms with E-state index in [1.807, 2.05) is 26.4 Å². The highest BCUT2D eigenvalue weighted by Gasteiger charge is 2.06. The number of hydrogen-bond acceptors (Lipinski definition) is 8. The lowest BCUT2D eigenvalue weighted by molar-refractivity contribution is 0.312. The van der Waals surface area contributed by atoms with Gasteiger partial charge in [-0.15, -0.1) is 0 Å². The van der Waals surface area contributed by atoms with Crippen molar-refractivity contribution in [1.29, 1.82) is 0 Å². The highest BCUT2D eigenvalue weighted by molar-refractivity contribution is 5.35. The molecule has 0 bridgehead atoms. The molecule has 2 rings (SSSR count). The third kappa shape index (κ3) is 3.79. The van der Waals surface area contributed by atoms with E-state index in [4.69, 9.17) is 10.6 Å². The van der Waals surface area contributed by atoms with E-state index in [2.05, 4.69) is 30.8 Å². The first-order valence-corrected chi connectivity index (χ1v) is 6.28. The lowest BCUT2D eigenvalue weighted by Crippen LogP contribution is -2.15. The summed E-state index contributed by atoms with van der Waals surface area (Å²) < 4.78 is 7.01. The number of hydrogen-bond donors (Lipinski definition) is 3. The summed E-state index contributed by atoms with van der Waals surface area (Å²) in [6.45, 7) is 3.00. The van der Waals surface area contributed by atoms with Gasteiger partial charge in [0.2, 0.25) is 11.9 Å². The average Bonchev–Trinajstić information content (AvgIpc) is 2.84. The SMILES string of the molecule is CCOc1nc(NN)nc(NCCc2cnn(C)c2)n1. The number of anilines is 2. The minimum absolute atomic E-state index is 0.235. The Labute approximate surface area is 116 Å². The van der Waals surface area contributed by atoms with Crippen molar-refractivity contribution in [2.45, 2.75) is 13.3 Å². The lowest BCUT2D eigenvalue weighted by atomic mass is 10.2. The molecule has 0 saturated heterocycles. The molecular formula is C11H18N8O. The highest BCUT2D eigenvalue weighted by Crippen LogP contribution is 2.10. The van der Waals surface area contributed by atoms with Gasteiger partial charge in [0.25, 0.3) is 0 Å². The summed E-state index contributed by atoms with van der Waals surface area (Å²) in [5.41, 5.74) is 3.52. The molecule has 0 aromatic carbocycles. The van der Waals surface area contributed by atoms with Gasteiger partial charge in [-0.05, 0) is 18.9 Å². The zero-order valence-corrected chi connectivity index (χ0v) is 11.5. The minimum atomic E-state index is 0.235. The molecule has 0 aliphatic carbocycles. The standard InChI is InChI=1S/C11H18N8O/c1-3-20-11-16-9(15-10(17-11)18-12)13-5-4-8-6-14-19(2)7-8/h6-7H,3-5,12H2,1-2H3,(H2,13,15,16,17,18). The molecule has 9 heteroatoms. The van der Waals surface area contributed by atoms with Gasteiger partial charge in [0.05, 0.1) is 12.8 Å². The number of nitrogen functional groups attached to an aromatic ring is 1. The Kier molecular flexibility index (Phi) is 4.66. The van der Waals surface area contributed by atoms with Crippen LogP contribution in [-0.2, 0) is 13.5 Å². The fourth-order valence-electron chi connectivity index (χ4n) is 1.61. The summed E-state index contributed by atoms with van der Waals surface area (Å²) in [7, 11) is 1.89.